The average molecular weight is 523 g/mol. The number of nitrogens with zero attached hydrogens (tertiary/aromatic N) is 3. The molecule has 3 saturated heterocycles. The zero-order valence-electron chi connectivity index (χ0n) is 20.8. The SMILES string of the molecule is C\C=C/C=C1/C(=O)N(C2CCC(=O)NC2=O)C/C1=C\OCc1nc2cc(CN3CCOCC3)ccc2s1. The molecule has 1 aromatic heterocycles. The molecule has 1 N–H and O–H groups in total. The topological polar surface area (TPSA) is 101 Å². The predicted octanol–water partition coefficient (Wildman–Crippen LogP) is 2.68. The van der Waals surface area contributed by atoms with Crippen molar-refractivity contribution in [3.05, 3.63) is 64.4 Å². The van der Waals surface area contributed by atoms with Crippen LogP contribution in [0.15, 0.2) is 53.8 Å². The number of hydrogen-bond donors (Lipinski definition) is 1. The third-order valence-corrected chi connectivity index (χ3v) is 7.67. The van der Waals surface area contributed by atoms with Crippen molar-refractivity contribution in [3.63, 3.8) is 0 Å². The highest BCUT2D eigenvalue weighted by Crippen LogP contribution is 2.29. The minimum Gasteiger partial charge on any atom is -0.494 e. The summed E-state index contributed by atoms with van der Waals surface area (Å²) in [7, 11) is 0. The molecule has 37 heavy (non-hydrogen) atoms. The number of amides is 3. The van der Waals surface area contributed by atoms with Gasteiger partial charge in [0, 0.05) is 37.2 Å². The van der Waals surface area contributed by atoms with Gasteiger partial charge in [0.05, 0.1) is 36.2 Å². The highest BCUT2D eigenvalue weighted by Gasteiger charge is 2.40. The molecule has 0 bridgehead atoms. The number of likely N-dealkylation sites (tertiary alicyclic amines) is 1. The van der Waals surface area contributed by atoms with E-state index >= 15 is 0 Å². The fourth-order valence-corrected chi connectivity index (χ4v) is 5.62. The van der Waals surface area contributed by atoms with E-state index in [0.29, 0.717) is 17.6 Å². The minimum atomic E-state index is -0.666. The van der Waals surface area contributed by atoms with Crippen LogP contribution in [0.5, 0.6) is 0 Å². The van der Waals surface area contributed by atoms with Crippen molar-refractivity contribution in [2.45, 2.75) is 39.0 Å². The van der Waals surface area contributed by atoms with Gasteiger partial charge in [0.25, 0.3) is 5.91 Å². The largest absolute Gasteiger partial charge is 0.494 e. The first-order chi connectivity index (χ1) is 18.0. The summed E-state index contributed by atoms with van der Waals surface area (Å²) in [6.07, 6.45) is 7.49. The molecule has 3 fully saturated rings. The fraction of sp³-hybridized carbons (Fsp3) is 0.407. The Kier molecular flexibility index (Phi) is 7.78. The molecular formula is C27H30N4O5S. The average Bonchev–Trinajstić information content (AvgIpc) is 3.43. The van der Waals surface area contributed by atoms with Gasteiger partial charge in [-0.1, -0.05) is 18.2 Å². The Morgan fingerprint density at radius 1 is 1.24 bits per heavy atom. The maximum atomic E-state index is 13.1. The van der Waals surface area contributed by atoms with Crippen molar-refractivity contribution in [2.24, 2.45) is 0 Å². The van der Waals surface area contributed by atoms with Gasteiger partial charge in [-0.05, 0) is 37.1 Å². The Morgan fingerprint density at radius 3 is 2.86 bits per heavy atom. The molecule has 3 amide bonds. The summed E-state index contributed by atoms with van der Waals surface area (Å²) in [4.78, 5) is 45.7. The molecule has 3 aliphatic heterocycles. The molecule has 2 aromatic rings. The zero-order valence-corrected chi connectivity index (χ0v) is 21.6. The summed E-state index contributed by atoms with van der Waals surface area (Å²) in [6.45, 7) is 6.72. The van der Waals surface area contributed by atoms with Gasteiger partial charge < -0.3 is 14.4 Å². The summed E-state index contributed by atoms with van der Waals surface area (Å²) in [5, 5.41) is 3.18. The quantitative estimate of drug-likeness (QED) is 0.339. The number of ether oxygens (including phenoxy) is 2. The molecule has 4 heterocycles. The molecule has 0 saturated carbocycles. The van der Waals surface area contributed by atoms with Crippen molar-refractivity contribution in [2.75, 3.05) is 32.8 Å². The molecule has 10 heteroatoms. The van der Waals surface area contributed by atoms with Crippen LogP contribution in [0.2, 0.25) is 0 Å². The first kappa shape index (κ1) is 25.3. The van der Waals surface area contributed by atoms with Gasteiger partial charge in [-0.15, -0.1) is 11.3 Å². The summed E-state index contributed by atoms with van der Waals surface area (Å²) >= 11 is 1.59. The lowest BCUT2D eigenvalue weighted by atomic mass is 10.0. The third kappa shape index (κ3) is 5.82. The van der Waals surface area contributed by atoms with E-state index < -0.39 is 11.9 Å². The fourth-order valence-electron chi connectivity index (χ4n) is 4.75. The van der Waals surface area contributed by atoms with E-state index in [0.717, 1.165) is 48.1 Å². The highest BCUT2D eigenvalue weighted by atomic mass is 32.1. The van der Waals surface area contributed by atoms with Crippen LogP contribution in [0, 0.1) is 0 Å². The minimum absolute atomic E-state index is 0.218. The molecule has 0 radical (unpaired) electrons. The lowest BCUT2D eigenvalue weighted by Gasteiger charge is -2.28. The van der Waals surface area contributed by atoms with E-state index in [9.17, 15) is 14.4 Å². The van der Waals surface area contributed by atoms with Gasteiger partial charge in [0.1, 0.15) is 17.7 Å². The molecular weight excluding hydrogens is 492 g/mol. The van der Waals surface area contributed by atoms with E-state index in [2.05, 4.69) is 28.4 Å². The molecule has 9 nitrogen and oxygen atoms in total. The maximum Gasteiger partial charge on any atom is 0.255 e. The Hall–Kier alpha value is -3.34. The number of nitrogens with one attached hydrogen (secondary N) is 1. The van der Waals surface area contributed by atoms with E-state index in [-0.39, 0.29) is 31.4 Å². The third-order valence-electron chi connectivity index (χ3n) is 6.66. The van der Waals surface area contributed by atoms with Gasteiger partial charge >= 0.3 is 0 Å². The van der Waals surface area contributed by atoms with Crippen LogP contribution in [0.25, 0.3) is 10.2 Å². The van der Waals surface area contributed by atoms with Gasteiger partial charge in [-0.25, -0.2) is 4.98 Å². The normalized spacial score (nSPS) is 23.6. The van der Waals surface area contributed by atoms with Crippen molar-refractivity contribution >= 4 is 39.3 Å². The Bertz CT molecular complexity index is 1290. The second-order valence-corrected chi connectivity index (χ2v) is 10.4. The second-order valence-electron chi connectivity index (χ2n) is 9.26. The summed E-state index contributed by atoms with van der Waals surface area (Å²) in [5.41, 5.74) is 3.36. The molecule has 0 spiro atoms. The van der Waals surface area contributed by atoms with Crippen LogP contribution in [-0.2, 0) is 37.0 Å². The van der Waals surface area contributed by atoms with E-state index in [1.165, 1.54) is 10.5 Å². The summed E-state index contributed by atoms with van der Waals surface area (Å²) in [6, 6.07) is 5.72. The Balaban J connectivity index is 1.26. The number of rotatable bonds is 7. The highest BCUT2D eigenvalue weighted by molar-refractivity contribution is 7.18. The lowest BCUT2D eigenvalue weighted by Crippen LogP contribution is -2.52. The number of fused-ring (bicyclic) bond motifs is 1. The molecule has 0 aliphatic carbocycles. The maximum absolute atomic E-state index is 13.1. The van der Waals surface area contributed by atoms with Crippen LogP contribution in [-0.4, -0.2) is 71.4 Å². The number of thiazole rings is 1. The molecule has 5 rings (SSSR count). The van der Waals surface area contributed by atoms with Crippen molar-refractivity contribution in [3.8, 4) is 0 Å². The summed E-state index contributed by atoms with van der Waals surface area (Å²) < 4.78 is 12.4. The van der Waals surface area contributed by atoms with Crippen LogP contribution >= 0.6 is 11.3 Å². The predicted molar refractivity (Wildman–Crippen MR) is 139 cm³/mol. The number of carbonyl (C=O) groups excluding carboxylic acids is 3. The number of piperidine rings is 1. The van der Waals surface area contributed by atoms with E-state index in [1.807, 2.05) is 13.0 Å². The lowest BCUT2D eigenvalue weighted by molar-refractivity contribution is -0.142. The number of allylic oxidation sites excluding steroid dienone is 3. The van der Waals surface area contributed by atoms with E-state index in [1.54, 1.807) is 29.8 Å². The van der Waals surface area contributed by atoms with Crippen LogP contribution in [0.1, 0.15) is 30.3 Å². The Morgan fingerprint density at radius 2 is 2.08 bits per heavy atom. The molecule has 194 valence electrons. The zero-order chi connectivity index (χ0) is 25.8. The van der Waals surface area contributed by atoms with Crippen LogP contribution in [0.3, 0.4) is 0 Å². The molecule has 1 atom stereocenters. The molecule has 1 unspecified atom stereocenters. The van der Waals surface area contributed by atoms with Crippen LogP contribution < -0.4 is 5.32 Å². The van der Waals surface area contributed by atoms with Gasteiger partial charge in [0.2, 0.25) is 11.8 Å². The Labute approximate surface area is 219 Å². The number of imide groups is 1. The second kappa shape index (κ2) is 11.4. The first-order valence-electron chi connectivity index (χ1n) is 12.5. The number of hydrogen-bond acceptors (Lipinski definition) is 8. The number of carbonyl (C=O) groups is 3. The molecule has 1 aromatic carbocycles. The van der Waals surface area contributed by atoms with Gasteiger partial charge in [-0.3, -0.25) is 24.6 Å². The monoisotopic (exact) mass is 522 g/mol. The number of morpholine rings is 1. The number of benzene rings is 1. The van der Waals surface area contributed by atoms with E-state index in [4.69, 9.17) is 14.5 Å². The molecule has 3 aliphatic rings. The standard InChI is InChI=1S/C27H30N4O5S/c1-2-3-4-20-19(15-31(27(20)34)22-6-8-24(32)29-26(22)33)16-36-17-25-28-21-13-18(5-7-23(21)37-25)14-30-9-11-35-12-10-30/h2-5,7,13,16,22H,6,8-12,14-15,17H2,1H3,(H,29,32,33)/b3-2-,19-16+,20-4+. The van der Waals surface area contributed by atoms with Crippen molar-refractivity contribution < 1.29 is 23.9 Å². The van der Waals surface area contributed by atoms with Crippen molar-refractivity contribution in [1.82, 2.24) is 20.1 Å². The smallest absolute Gasteiger partial charge is 0.255 e. The van der Waals surface area contributed by atoms with Gasteiger partial charge in [-0.2, -0.15) is 0 Å². The van der Waals surface area contributed by atoms with Crippen molar-refractivity contribution in [1.29, 1.82) is 0 Å². The summed E-state index contributed by atoms with van der Waals surface area (Å²) in [5.74, 6) is -0.976. The number of aromatic nitrogens is 1. The first-order valence-corrected chi connectivity index (χ1v) is 13.3. The van der Waals surface area contributed by atoms with Crippen LogP contribution in [0.4, 0.5) is 0 Å². The van der Waals surface area contributed by atoms with Gasteiger partial charge in [0.15, 0.2) is 0 Å².